The molecular formula is C16H16N4O8S. The smallest absolute Gasteiger partial charge is 0.433 e. The Bertz CT molecular complexity index is 1040. The lowest BCUT2D eigenvalue weighted by Gasteiger charge is -2.10. The number of nitro groups is 1. The Morgan fingerprint density at radius 1 is 1.28 bits per heavy atom. The van der Waals surface area contributed by atoms with Crippen LogP contribution in [0.3, 0.4) is 0 Å². The number of carbonyl (C=O) groups excluding carboxylic acids is 2. The van der Waals surface area contributed by atoms with Crippen molar-refractivity contribution in [3.63, 3.8) is 0 Å². The molecule has 1 amide bonds. The molecule has 0 aliphatic heterocycles. The summed E-state index contributed by atoms with van der Waals surface area (Å²) in [6.07, 6.45) is 1.01. The zero-order valence-corrected chi connectivity index (χ0v) is 15.8. The van der Waals surface area contributed by atoms with Crippen molar-refractivity contribution >= 4 is 34.0 Å². The van der Waals surface area contributed by atoms with Gasteiger partial charge >= 0.3 is 11.9 Å². The van der Waals surface area contributed by atoms with Crippen LogP contribution in [0, 0.1) is 10.1 Å². The number of hydrogen-bond donors (Lipinski definition) is 2. The Morgan fingerprint density at radius 3 is 2.66 bits per heavy atom. The Kier molecular flexibility index (Phi) is 7.16. The number of amides is 1. The molecule has 12 nitrogen and oxygen atoms in total. The molecule has 2 rings (SSSR count). The van der Waals surface area contributed by atoms with Gasteiger partial charge in [-0.1, -0.05) is 12.1 Å². The molecule has 0 saturated heterocycles. The van der Waals surface area contributed by atoms with Crippen molar-refractivity contribution < 1.29 is 32.1 Å². The van der Waals surface area contributed by atoms with Crippen LogP contribution in [0.2, 0.25) is 0 Å². The number of rotatable bonds is 9. The summed E-state index contributed by atoms with van der Waals surface area (Å²) in [7, 11) is -4.19. The molecule has 2 aromatic rings. The summed E-state index contributed by atoms with van der Waals surface area (Å²) in [5, 5.41) is 14.1. The number of esters is 1. The van der Waals surface area contributed by atoms with Gasteiger partial charge in [0.15, 0.2) is 5.76 Å². The van der Waals surface area contributed by atoms with Crippen LogP contribution in [-0.2, 0) is 19.6 Å². The first kappa shape index (κ1) is 21.7. The standard InChI is InChI=1S/C16H16N4O8S/c1-2-27-15(21)10-18-29(25,26)13-6-4-3-5-12(13)16(22)19-17-9-11-7-8-14(28-11)20(23)24/h3-9,18H,2,10H2,1H3,(H,19,22)/b17-9+. The first-order valence-electron chi connectivity index (χ1n) is 8.06. The van der Waals surface area contributed by atoms with Crippen LogP contribution >= 0.6 is 0 Å². The van der Waals surface area contributed by atoms with Crippen LogP contribution in [-0.4, -0.2) is 44.6 Å². The zero-order chi connectivity index (χ0) is 21.4. The third-order valence-corrected chi connectivity index (χ3v) is 4.74. The lowest BCUT2D eigenvalue weighted by Crippen LogP contribution is -2.32. The molecule has 0 bridgehead atoms. The predicted molar refractivity (Wildman–Crippen MR) is 98.7 cm³/mol. The molecule has 1 heterocycles. The SMILES string of the molecule is CCOC(=O)CNS(=O)(=O)c1ccccc1C(=O)N/N=C/c1ccc([N+](=O)[O-])o1. The zero-order valence-electron chi connectivity index (χ0n) is 15.0. The molecule has 0 atom stereocenters. The van der Waals surface area contributed by atoms with Crippen molar-refractivity contribution in [1.82, 2.24) is 10.1 Å². The Hall–Kier alpha value is -3.58. The van der Waals surface area contributed by atoms with E-state index in [9.17, 15) is 28.1 Å². The van der Waals surface area contributed by atoms with E-state index in [1.807, 2.05) is 0 Å². The predicted octanol–water partition coefficient (Wildman–Crippen LogP) is 0.793. The fourth-order valence-corrected chi connectivity index (χ4v) is 3.23. The minimum atomic E-state index is -4.19. The molecule has 1 aromatic carbocycles. The Labute approximate surface area is 164 Å². The van der Waals surface area contributed by atoms with Crippen LogP contribution in [0.15, 0.2) is 50.8 Å². The summed E-state index contributed by atoms with van der Waals surface area (Å²) < 4.78 is 36.4. The lowest BCUT2D eigenvalue weighted by molar-refractivity contribution is -0.402. The molecule has 29 heavy (non-hydrogen) atoms. The van der Waals surface area contributed by atoms with E-state index >= 15 is 0 Å². The molecule has 0 unspecified atom stereocenters. The summed E-state index contributed by atoms with van der Waals surface area (Å²) in [5.74, 6) is -2.12. The third-order valence-electron chi connectivity index (χ3n) is 3.28. The number of nitrogens with one attached hydrogen (secondary N) is 2. The molecule has 1 aromatic heterocycles. The first-order chi connectivity index (χ1) is 13.7. The van der Waals surface area contributed by atoms with Gasteiger partial charge in [-0.15, -0.1) is 0 Å². The maximum atomic E-state index is 12.4. The van der Waals surface area contributed by atoms with Crippen molar-refractivity contribution in [2.24, 2.45) is 5.10 Å². The van der Waals surface area contributed by atoms with Gasteiger partial charge in [0.2, 0.25) is 10.0 Å². The summed E-state index contributed by atoms with van der Waals surface area (Å²) in [5.41, 5.74) is 1.87. The number of furan rings is 1. The van der Waals surface area contributed by atoms with Crippen LogP contribution in [0.5, 0.6) is 0 Å². The molecule has 0 fully saturated rings. The van der Waals surface area contributed by atoms with Gasteiger partial charge in [0, 0.05) is 0 Å². The van der Waals surface area contributed by atoms with Gasteiger partial charge in [-0.05, 0) is 25.1 Å². The fraction of sp³-hybridized carbons (Fsp3) is 0.188. The maximum absolute atomic E-state index is 12.4. The highest BCUT2D eigenvalue weighted by Gasteiger charge is 2.23. The molecule has 13 heteroatoms. The van der Waals surface area contributed by atoms with E-state index in [1.165, 1.54) is 30.3 Å². The number of hydrazone groups is 1. The Balaban J connectivity index is 2.12. The lowest BCUT2D eigenvalue weighted by atomic mass is 10.2. The molecule has 0 radical (unpaired) electrons. The number of ether oxygens (including phenoxy) is 1. The number of sulfonamides is 1. The van der Waals surface area contributed by atoms with Gasteiger partial charge in [-0.3, -0.25) is 19.7 Å². The van der Waals surface area contributed by atoms with Crippen molar-refractivity contribution in [2.45, 2.75) is 11.8 Å². The van der Waals surface area contributed by atoms with E-state index in [4.69, 9.17) is 4.42 Å². The topological polar surface area (TPSA) is 170 Å². The van der Waals surface area contributed by atoms with Crippen molar-refractivity contribution in [3.8, 4) is 0 Å². The second-order valence-electron chi connectivity index (χ2n) is 5.26. The highest BCUT2D eigenvalue weighted by atomic mass is 32.2. The number of carbonyl (C=O) groups is 2. The van der Waals surface area contributed by atoms with Crippen LogP contribution in [0.4, 0.5) is 5.88 Å². The van der Waals surface area contributed by atoms with E-state index in [-0.39, 0.29) is 22.8 Å². The van der Waals surface area contributed by atoms with Gasteiger partial charge < -0.3 is 9.15 Å². The van der Waals surface area contributed by atoms with E-state index in [0.29, 0.717) is 0 Å². The molecular weight excluding hydrogens is 408 g/mol. The summed E-state index contributed by atoms with van der Waals surface area (Å²) >= 11 is 0. The molecule has 154 valence electrons. The fourth-order valence-electron chi connectivity index (χ4n) is 2.06. The third kappa shape index (κ3) is 5.95. The minimum Gasteiger partial charge on any atom is -0.465 e. The van der Waals surface area contributed by atoms with E-state index in [0.717, 1.165) is 12.3 Å². The van der Waals surface area contributed by atoms with Gasteiger partial charge in [0.1, 0.15) is 11.5 Å². The number of hydrogen-bond acceptors (Lipinski definition) is 9. The van der Waals surface area contributed by atoms with Crippen LogP contribution < -0.4 is 10.1 Å². The average molecular weight is 424 g/mol. The Morgan fingerprint density at radius 2 is 2.00 bits per heavy atom. The quantitative estimate of drug-likeness (QED) is 0.257. The van der Waals surface area contributed by atoms with Crippen molar-refractivity contribution in [1.29, 1.82) is 0 Å². The number of nitrogens with zero attached hydrogens (tertiary/aromatic N) is 2. The van der Waals surface area contributed by atoms with E-state index < -0.39 is 39.3 Å². The second-order valence-corrected chi connectivity index (χ2v) is 6.99. The van der Waals surface area contributed by atoms with Gasteiger partial charge in [-0.2, -0.15) is 9.82 Å². The van der Waals surface area contributed by atoms with E-state index in [2.05, 4.69) is 20.0 Å². The highest BCUT2D eigenvalue weighted by Crippen LogP contribution is 2.16. The summed E-state index contributed by atoms with van der Waals surface area (Å²) in [6, 6.07) is 7.66. The second kappa shape index (κ2) is 9.57. The van der Waals surface area contributed by atoms with Gasteiger partial charge in [0.05, 0.1) is 29.3 Å². The molecule has 0 saturated carbocycles. The van der Waals surface area contributed by atoms with Crippen LogP contribution in [0.25, 0.3) is 0 Å². The minimum absolute atomic E-state index is 0.00834. The highest BCUT2D eigenvalue weighted by molar-refractivity contribution is 7.89. The maximum Gasteiger partial charge on any atom is 0.433 e. The summed E-state index contributed by atoms with van der Waals surface area (Å²) in [4.78, 5) is 33.1. The van der Waals surface area contributed by atoms with E-state index in [1.54, 1.807) is 6.92 Å². The average Bonchev–Trinajstić information content (AvgIpc) is 3.16. The molecule has 0 spiro atoms. The largest absolute Gasteiger partial charge is 0.465 e. The molecule has 0 aliphatic carbocycles. The van der Waals surface area contributed by atoms with Gasteiger partial charge in [0.25, 0.3) is 5.91 Å². The van der Waals surface area contributed by atoms with Crippen molar-refractivity contribution in [2.75, 3.05) is 13.2 Å². The van der Waals surface area contributed by atoms with Gasteiger partial charge in [-0.25, -0.2) is 13.8 Å². The monoisotopic (exact) mass is 424 g/mol. The first-order valence-corrected chi connectivity index (χ1v) is 9.55. The number of benzene rings is 1. The molecule has 2 N–H and O–H groups in total. The van der Waals surface area contributed by atoms with Crippen LogP contribution in [0.1, 0.15) is 23.0 Å². The normalized spacial score (nSPS) is 11.3. The van der Waals surface area contributed by atoms with Crippen molar-refractivity contribution in [3.05, 3.63) is 57.8 Å². The molecule has 0 aliphatic rings. The summed E-state index contributed by atoms with van der Waals surface area (Å²) in [6.45, 7) is 1.07.